The molecule has 1 unspecified atom stereocenters. The molecule has 1 atom stereocenters. The quantitative estimate of drug-likeness (QED) is 0.535. The second-order valence-corrected chi connectivity index (χ2v) is 4.75. The smallest absolute Gasteiger partial charge is 0.226 e. The first-order valence-corrected chi connectivity index (χ1v) is 4.47. The van der Waals surface area contributed by atoms with E-state index in [9.17, 15) is 4.79 Å². The molecule has 0 rings (SSSR count). The lowest BCUT2D eigenvalue weighted by Gasteiger charge is -2.22. The third-order valence-corrected chi connectivity index (χ3v) is 1.79. The number of hydrogen-bond acceptors (Lipinski definition) is 2. The van der Waals surface area contributed by atoms with Crippen LogP contribution in [0.4, 0.5) is 0 Å². The Hall–Kier alpha value is 0.01000. The highest BCUT2D eigenvalue weighted by atomic mass is 35.5. The number of hydrogen-bond donors (Lipinski definition) is 2. The highest BCUT2D eigenvalue weighted by Crippen LogP contribution is 2.13. The number of rotatable bonds is 2. The van der Waals surface area contributed by atoms with Crippen molar-refractivity contribution in [2.24, 2.45) is 11.1 Å². The van der Waals surface area contributed by atoms with Gasteiger partial charge in [0.05, 0.1) is 0 Å². The second kappa shape index (κ2) is 4.30. The molecule has 0 heterocycles. The molecule has 3 N–H and O–H groups in total. The van der Waals surface area contributed by atoms with Crippen molar-refractivity contribution in [3.63, 3.8) is 0 Å². The average molecular weight is 213 g/mol. The van der Waals surface area contributed by atoms with Crippen LogP contribution in [0, 0.1) is 5.41 Å². The van der Waals surface area contributed by atoms with Crippen LogP contribution >= 0.6 is 23.2 Å². The molecule has 0 radical (unpaired) electrons. The standard InChI is InChI=1S/C7H14Cl2N2O/c1-7(2,3)6(12)11-5(10)4(8)9/h4-5H,10H2,1-3H3,(H,11,12). The molecule has 3 nitrogen and oxygen atoms in total. The van der Waals surface area contributed by atoms with Crippen molar-refractivity contribution in [2.45, 2.75) is 31.8 Å². The van der Waals surface area contributed by atoms with E-state index in [1.54, 1.807) is 20.8 Å². The van der Waals surface area contributed by atoms with Gasteiger partial charge in [-0.1, -0.05) is 20.8 Å². The molecule has 12 heavy (non-hydrogen) atoms. The molecule has 0 saturated heterocycles. The first-order chi connectivity index (χ1) is 5.25. The Morgan fingerprint density at radius 2 is 1.83 bits per heavy atom. The first kappa shape index (κ1) is 12.0. The zero-order valence-electron chi connectivity index (χ0n) is 7.40. The highest BCUT2D eigenvalue weighted by Gasteiger charge is 2.24. The van der Waals surface area contributed by atoms with Gasteiger partial charge in [-0.15, -0.1) is 23.2 Å². The van der Waals surface area contributed by atoms with Crippen molar-refractivity contribution in [1.29, 1.82) is 0 Å². The highest BCUT2D eigenvalue weighted by molar-refractivity contribution is 6.44. The molecule has 5 heteroatoms. The monoisotopic (exact) mass is 212 g/mol. The minimum absolute atomic E-state index is 0.165. The summed E-state index contributed by atoms with van der Waals surface area (Å²) in [7, 11) is 0. The fourth-order valence-corrected chi connectivity index (χ4v) is 0.557. The van der Waals surface area contributed by atoms with Crippen LogP contribution in [0.5, 0.6) is 0 Å². The Kier molecular flexibility index (Phi) is 4.31. The van der Waals surface area contributed by atoms with E-state index in [0.29, 0.717) is 0 Å². The lowest BCUT2D eigenvalue weighted by molar-refractivity contribution is -0.129. The van der Waals surface area contributed by atoms with E-state index in [1.165, 1.54) is 0 Å². The summed E-state index contributed by atoms with van der Waals surface area (Å²) in [6, 6.07) is 0. The zero-order chi connectivity index (χ0) is 9.94. The number of nitrogens with one attached hydrogen (secondary N) is 1. The summed E-state index contributed by atoms with van der Waals surface area (Å²) in [6.07, 6.45) is -0.708. The van der Waals surface area contributed by atoms with Gasteiger partial charge in [0, 0.05) is 5.41 Å². The maximum Gasteiger partial charge on any atom is 0.226 e. The van der Waals surface area contributed by atoms with Gasteiger partial charge >= 0.3 is 0 Å². The third-order valence-electron chi connectivity index (χ3n) is 1.25. The van der Waals surface area contributed by atoms with Gasteiger partial charge in [-0.2, -0.15) is 0 Å². The van der Waals surface area contributed by atoms with Crippen molar-refractivity contribution in [1.82, 2.24) is 5.32 Å². The van der Waals surface area contributed by atoms with Crippen LogP contribution in [0.25, 0.3) is 0 Å². The van der Waals surface area contributed by atoms with Gasteiger partial charge in [0.25, 0.3) is 0 Å². The number of alkyl halides is 2. The molecular weight excluding hydrogens is 199 g/mol. The number of halogens is 2. The molecule has 0 fully saturated rings. The topological polar surface area (TPSA) is 55.1 Å². The number of carbonyl (C=O) groups excluding carboxylic acids is 1. The van der Waals surface area contributed by atoms with Gasteiger partial charge in [-0.25, -0.2) is 0 Å². The Bertz CT molecular complexity index is 165. The molecule has 0 aromatic rings. The third kappa shape index (κ3) is 4.14. The molecule has 1 amide bonds. The molecule has 0 aromatic carbocycles. The van der Waals surface area contributed by atoms with E-state index < -0.39 is 16.4 Å². The molecule has 0 spiro atoms. The Labute approximate surface area is 82.6 Å². The number of amides is 1. The predicted octanol–water partition coefficient (Wildman–Crippen LogP) is 1.24. The predicted molar refractivity (Wildman–Crippen MR) is 51.1 cm³/mol. The number of nitrogens with two attached hydrogens (primary N) is 1. The summed E-state index contributed by atoms with van der Waals surface area (Å²) < 4.78 is 0. The van der Waals surface area contributed by atoms with E-state index in [2.05, 4.69) is 5.32 Å². The van der Waals surface area contributed by atoms with E-state index in [-0.39, 0.29) is 5.91 Å². The van der Waals surface area contributed by atoms with Crippen molar-refractivity contribution in [3.8, 4) is 0 Å². The van der Waals surface area contributed by atoms with Crippen LogP contribution in [0.15, 0.2) is 0 Å². The van der Waals surface area contributed by atoms with Gasteiger partial charge in [-0.05, 0) is 0 Å². The summed E-state index contributed by atoms with van der Waals surface area (Å²) in [4.78, 5) is 10.5. The summed E-state index contributed by atoms with van der Waals surface area (Å²) in [6.45, 7) is 5.35. The first-order valence-electron chi connectivity index (χ1n) is 3.60. The molecule has 0 saturated carbocycles. The van der Waals surface area contributed by atoms with Crippen molar-refractivity contribution >= 4 is 29.1 Å². The molecular formula is C7H14Cl2N2O. The molecule has 0 aliphatic rings. The lowest BCUT2D eigenvalue weighted by Crippen LogP contribution is -2.49. The summed E-state index contributed by atoms with van der Waals surface area (Å²) in [5, 5.41) is 2.49. The Morgan fingerprint density at radius 3 is 2.08 bits per heavy atom. The van der Waals surface area contributed by atoms with E-state index in [0.717, 1.165) is 0 Å². The molecule has 0 aliphatic heterocycles. The van der Waals surface area contributed by atoms with E-state index in [1.807, 2.05) is 0 Å². The fourth-order valence-electron chi connectivity index (χ4n) is 0.431. The van der Waals surface area contributed by atoms with Crippen LogP contribution < -0.4 is 11.1 Å². The summed E-state index contributed by atoms with van der Waals surface area (Å²) in [5.41, 5.74) is 4.95. The zero-order valence-corrected chi connectivity index (χ0v) is 8.91. The van der Waals surface area contributed by atoms with Gasteiger partial charge in [0.15, 0.2) is 0 Å². The van der Waals surface area contributed by atoms with Gasteiger partial charge < -0.3 is 11.1 Å². The average Bonchev–Trinajstić information content (AvgIpc) is 1.85. The largest absolute Gasteiger partial charge is 0.338 e. The Balaban J connectivity index is 4.02. The van der Waals surface area contributed by atoms with Gasteiger partial charge in [0.1, 0.15) is 11.0 Å². The minimum atomic E-state index is -0.781. The fraction of sp³-hybridized carbons (Fsp3) is 0.857. The molecule has 72 valence electrons. The van der Waals surface area contributed by atoms with Crippen LogP contribution in [-0.4, -0.2) is 16.9 Å². The maximum atomic E-state index is 11.3. The minimum Gasteiger partial charge on any atom is -0.338 e. The van der Waals surface area contributed by atoms with Gasteiger partial charge in [-0.3, -0.25) is 4.79 Å². The molecule has 0 aromatic heterocycles. The van der Waals surface area contributed by atoms with Gasteiger partial charge in [0.2, 0.25) is 5.91 Å². The van der Waals surface area contributed by atoms with Crippen LogP contribution in [0.2, 0.25) is 0 Å². The van der Waals surface area contributed by atoms with Crippen molar-refractivity contribution in [2.75, 3.05) is 0 Å². The van der Waals surface area contributed by atoms with Crippen LogP contribution in [0.1, 0.15) is 20.8 Å². The molecule has 0 bridgehead atoms. The van der Waals surface area contributed by atoms with Crippen LogP contribution in [0.3, 0.4) is 0 Å². The maximum absolute atomic E-state index is 11.3. The van der Waals surface area contributed by atoms with E-state index in [4.69, 9.17) is 28.9 Å². The Morgan fingerprint density at radius 1 is 1.42 bits per heavy atom. The lowest BCUT2D eigenvalue weighted by atomic mass is 9.96. The summed E-state index contributed by atoms with van der Waals surface area (Å²) >= 11 is 10.9. The number of carbonyl (C=O) groups is 1. The summed E-state index contributed by atoms with van der Waals surface area (Å²) in [5.74, 6) is -0.165. The van der Waals surface area contributed by atoms with E-state index >= 15 is 0 Å². The van der Waals surface area contributed by atoms with Crippen molar-refractivity contribution in [3.05, 3.63) is 0 Å². The van der Waals surface area contributed by atoms with Crippen LogP contribution in [-0.2, 0) is 4.79 Å². The molecule has 0 aliphatic carbocycles. The normalized spacial score (nSPS) is 14.6. The van der Waals surface area contributed by atoms with Crippen molar-refractivity contribution < 1.29 is 4.79 Å². The SMILES string of the molecule is CC(C)(C)C(=O)NC(N)C(Cl)Cl. The second-order valence-electron chi connectivity index (χ2n) is 3.58.